The number of Topliss-reactive ketones (excluding diaryl/α,β-unsaturated/α-hetero) is 1. The van der Waals surface area contributed by atoms with Gasteiger partial charge in [-0.15, -0.1) is 0 Å². The molecule has 162 valence electrons. The molecule has 1 N–H and O–H groups in total. The van der Waals surface area contributed by atoms with E-state index in [0.29, 0.717) is 19.3 Å². The molecule has 1 aromatic rings. The normalized spacial score (nSPS) is 13.6. The van der Waals surface area contributed by atoms with Crippen molar-refractivity contribution in [3.05, 3.63) is 35.9 Å². The summed E-state index contributed by atoms with van der Waals surface area (Å²) in [4.78, 5) is 37.5. The molecule has 0 unspecified atom stereocenters. The minimum Gasteiger partial charge on any atom is -0.460 e. The maximum atomic E-state index is 12.8. The summed E-state index contributed by atoms with van der Waals surface area (Å²) < 4.78 is 5.27. The van der Waals surface area contributed by atoms with Gasteiger partial charge >= 0.3 is 5.97 Å². The molecule has 1 aromatic carbocycles. The third kappa shape index (κ3) is 10.2. The highest BCUT2D eigenvalue weighted by atomic mass is 16.6. The first kappa shape index (κ1) is 24.9. The first-order chi connectivity index (χ1) is 13.5. The van der Waals surface area contributed by atoms with Gasteiger partial charge in [0.1, 0.15) is 5.60 Å². The van der Waals surface area contributed by atoms with E-state index in [1.165, 1.54) is 0 Å². The summed E-state index contributed by atoms with van der Waals surface area (Å²) in [5.41, 5.74) is 0.531. The Kier molecular flexibility index (Phi) is 10.1. The maximum absolute atomic E-state index is 12.8. The van der Waals surface area contributed by atoms with Crippen LogP contribution in [0, 0.1) is 11.8 Å². The van der Waals surface area contributed by atoms with Crippen LogP contribution < -0.4 is 5.32 Å². The van der Waals surface area contributed by atoms with Crippen LogP contribution in [0.3, 0.4) is 0 Å². The lowest BCUT2D eigenvalue weighted by Crippen LogP contribution is -2.45. The van der Waals surface area contributed by atoms with E-state index in [9.17, 15) is 14.4 Å². The van der Waals surface area contributed by atoms with Gasteiger partial charge in [0.05, 0.1) is 12.5 Å². The SMILES string of the molecule is CC[C@@H](Cc1ccccc1)C(=O)N[C@@H](CC(C)C)C(=O)CCC(=O)OC(C)(C)C. The summed E-state index contributed by atoms with van der Waals surface area (Å²) in [6, 6.07) is 9.31. The zero-order chi connectivity index (χ0) is 22.0. The summed E-state index contributed by atoms with van der Waals surface area (Å²) in [5, 5.41) is 2.95. The maximum Gasteiger partial charge on any atom is 0.306 e. The van der Waals surface area contributed by atoms with E-state index in [1.54, 1.807) is 20.8 Å². The Hall–Kier alpha value is -2.17. The lowest BCUT2D eigenvalue weighted by atomic mass is 9.93. The number of esters is 1. The number of rotatable bonds is 11. The Morgan fingerprint density at radius 2 is 1.66 bits per heavy atom. The van der Waals surface area contributed by atoms with Crippen molar-refractivity contribution in [2.45, 2.75) is 85.3 Å². The average molecular weight is 404 g/mol. The van der Waals surface area contributed by atoms with E-state index in [-0.39, 0.29) is 36.4 Å². The predicted molar refractivity (Wildman–Crippen MR) is 115 cm³/mol. The number of carbonyl (C=O) groups excluding carboxylic acids is 3. The van der Waals surface area contributed by atoms with Gasteiger partial charge in [-0.2, -0.15) is 0 Å². The number of amides is 1. The molecule has 0 heterocycles. The Balaban J connectivity index is 2.71. The van der Waals surface area contributed by atoms with Crippen LogP contribution in [0.5, 0.6) is 0 Å². The van der Waals surface area contributed by atoms with Crippen LogP contribution >= 0.6 is 0 Å². The number of benzene rings is 1. The van der Waals surface area contributed by atoms with Crippen molar-refractivity contribution < 1.29 is 19.1 Å². The highest BCUT2D eigenvalue weighted by Crippen LogP contribution is 2.16. The molecule has 2 atom stereocenters. The monoisotopic (exact) mass is 403 g/mol. The standard InChI is InChI=1S/C24H37NO4/c1-7-19(16-18-11-9-8-10-12-18)23(28)25-20(15-17(2)3)21(26)13-14-22(27)29-24(4,5)6/h8-12,17,19-20H,7,13-16H2,1-6H3,(H,25,28)/t19-,20-/m0/s1. The molecule has 0 spiro atoms. The number of ketones is 1. The zero-order valence-corrected chi connectivity index (χ0v) is 18.8. The molecule has 0 aromatic heterocycles. The molecule has 0 aliphatic carbocycles. The number of hydrogen-bond acceptors (Lipinski definition) is 4. The summed E-state index contributed by atoms with van der Waals surface area (Å²) in [7, 11) is 0. The van der Waals surface area contributed by atoms with Crippen LogP contribution in [0.1, 0.15) is 72.8 Å². The van der Waals surface area contributed by atoms with Crippen molar-refractivity contribution in [3.63, 3.8) is 0 Å². The molecule has 0 fully saturated rings. The van der Waals surface area contributed by atoms with Gasteiger partial charge in [-0.1, -0.05) is 51.1 Å². The Bertz CT molecular complexity index is 661. The second kappa shape index (κ2) is 11.7. The van der Waals surface area contributed by atoms with Crippen LogP contribution in [0.25, 0.3) is 0 Å². The van der Waals surface area contributed by atoms with Crippen LogP contribution in [0.2, 0.25) is 0 Å². The fourth-order valence-electron chi connectivity index (χ4n) is 3.14. The molecular formula is C24H37NO4. The molecule has 5 heteroatoms. The molecule has 1 amide bonds. The molecule has 0 aliphatic heterocycles. The minimum atomic E-state index is -0.574. The van der Waals surface area contributed by atoms with Crippen molar-refractivity contribution in [1.82, 2.24) is 5.32 Å². The van der Waals surface area contributed by atoms with Gasteiger partial charge in [0, 0.05) is 12.3 Å². The molecule has 0 aliphatic rings. The lowest BCUT2D eigenvalue weighted by Gasteiger charge is -2.23. The van der Waals surface area contributed by atoms with E-state index >= 15 is 0 Å². The zero-order valence-electron chi connectivity index (χ0n) is 18.8. The van der Waals surface area contributed by atoms with E-state index in [0.717, 1.165) is 5.56 Å². The fourth-order valence-corrected chi connectivity index (χ4v) is 3.14. The van der Waals surface area contributed by atoms with E-state index in [4.69, 9.17) is 4.74 Å². The van der Waals surface area contributed by atoms with Gasteiger partial charge in [-0.3, -0.25) is 14.4 Å². The average Bonchev–Trinajstić information content (AvgIpc) is 2.62. The number of nitrogens with one attached hydrogen (secondary N) is 1. The number of hydrogen-bond donors (Lipinski definition) is 1. The molecule has 1 rings (SSSR count). The minimum absolute atomic E-state index is 0.0296. The smallest absolute Gasteiger partial charge is 0.306 e. The van der Waals surface area contributed by atoms with Crippen LogP contribution in [-0.2, 0) is 25.5 Å². The quantitative estimate of drug-likeness (QED) is 0.553. The molecule has 0 saturated heterocycles. The van der Waals surface area contributed by atoms with Crippen molar-refractivity contribution in [1.29, 1.82) is 0 Å². The highest BCUT2D eigenvalue weighted by molar-refractivity contribution is 5.91. The molecule has 0 radical (unpaired) electrons. The molecular weight excluding hydrogens is 366 g/mol. The van der Waals surface area contributed by atoms with Gasteiger partial charge in [-0.25, -0.2) is 0 Å². The molecule has 0 saturated carbocycles. The van der Waals surface area contributed by atoms with E-state index in [2.05, 4.69) is 5.32 Å². The van der Waals surface area contributed by atoms with Crippen LogP contribution in [-0.4, -0.2) is 29.3 Å². The third-order valence-electron chi connectivity index (χ3n) is 4.60. The largest absolute Gasteiger partial charge is 0.460 e. The number of ether oxygens (including phenoxy) is 1. The second-order valence-corrected chi connectivity index (χ2v) is 9.04. The first-order valence-electron chi connectivity index (χ1n) is 10.6. The van der Waals surface area contributed by atoms with E-state index in [1.807, 2.05) is 51.1 Å². The van der Waals surface area contributed by atoms with Gasteiger partial charge in [0.25, 0.3) is 0 Å². The van der Waals surface area contributed by atoms with Crippen LogP contribution in [0.4, 0.5) is 0 Å². The molecule has 5 nitrogen and oxygen atoms in total. The second-order valence-electron chi connectivity index (χ2n) is 9.04. The fraction of sp³-hybridized carbons (Fsp3) is 0.625. The Morgan fingerprint density at radius 1 is 1.03 bits per heavy atom. The summed E-state index contributed by atoms with van der Waals surface area (Å²) in [5.74, 6) is -0.554. The predicted octanol–water partition coefficient (Wildman–Crippen LogP) is 4.48. The topological polar surface area (TPSA) is 72.5 Å². The van der Waals surface area contributed by atoms with Crippen molar-refractivity contribution in [2.75, 3.05) is 0 Å². The first-order valence-corrected chi connectivity index (χ1v) is 10.6. The van der Waals surface area contributed by atoms with E-state index < -0.39 is 17.6 Å². The molecule has 29 heavy (non-hydrogen) atoms. The third-order valence-corrected chi connectivity index (χ3v) is 4.60. The van der Waals surface area contributed by atoms with Crippen molar-refractivity contribution in [3.8, 4) is 0 Å². The summed E-state index contributed by atoms with van der Waals surface area (Å²) >= 11 is 0. The Morgan fingerprint density at radius 3 is 2.17 bits per heavy atom. The lowest BCUT2D eigenvalue weighted by molar-refractivity contribution is -0.155. The van der Waals surface area contributed by atoms with Gasteiger partial charge in [0.15, 0.2) is 5.78 Å². The van der Waals surface area contributed by atoms with Gasteiger partial charge < -0.3 is 10.1 Å². The van der Waals surface area contributed by atoms with Crippen molar-refractivity contribution in [2.24, 2.45) is 11.8 Å². The van der Waals surface area contributed by atoms with Gasteiger partial charge in [0.2, 0.25) is 5.91 Å². The Labute approximate surface area is 175 Å². The van der Waals surface area contributed by atoms with Crippen LogP contribution in [0.15, 0.2) is 30.3 Å². The van der Waals surface area contributed by atoms with Crippen molar-refractivity contribution >= 4 is 17.7 Å². The highest BCUT2D eigenvalue weighted by Gasteiger charge is 2.26. The summed E-state index contributed by atoms with van der Waals surface area (Å²) in [6.07, 6.45) is 2.00. The molecule has 0 bridgehead atoms. The number of carbonyl (C=O) groups is 3. The summed E-state index contributed by atoms with van der Waals surface area (Å²) in [6.45, 7) is 11.4. The van der Waals surface area contributed by atoms with Gasteiger partial charge in [-0.05, 0) is 51.5 Å².